The second-order valence-electron chi connectivity index (χ2n) is 6.62. The fourth-order valence-corrected chi connectivity index (χ4v) is 3.32. The molecular weight excluding hydrogens is 456 g/mol. The second kappa shape index (κ2) is 9.53. The molecule has 2 aromatic rings. The zero-order valence-electron chi connectivity index (χ0n) is 15.9. The number of nitrogens with zero attached hydrogens (tertiary/aromatic N) is 1. The van der Waals surface area contributed by atoms with Gasteiger partial charge in [-0.2, -0.15) is 0 Å². The molecule has 2 aromatic carbocycles. The van der Waals surface area contributed by atoms with Crippen molar-refractivity contribution in [3.63, 3.8) is 0 Å². The predicted octanol–water partition coefficient (Wildman–Crippen LogP) is 2.43. The summed E-state index contributed by atoms with van der Waals surface area (Å²) in [7, 11) is 0. The first kappa shape index (κ1) is 21.5. The van der Waals surface area contributed by atoms with Crippen LogP contribution < -0.4 is 10.5 Å². The van der Waals surface area contributed by atoms with Crippen molar-refractivity contribution in [2.45, 2.75) is 19.4 Å². The van der Waals surface area contributed by atoms with Gasteiger partial charge in [-0.15, -0.1) is 0 Å². The Kier molecular flexibility index (Phi) is 6.83. The van der Waals surface area contributed by atoms with E-state index in [0.29, 0.717) is 28.9 Å². The Labute approximate surface area is 181 Å². The van der Waals surface area contributed by atoms with E-state index in [1.165, 1.54) is 0 Å². The summed E-state index contributed by atoms with van der Waals surface area (Å²) in [5, 5.41) is 0. The average molecular weight is 475 g/mol. The number of rotatable bonds is 9. The van der Waals surface area contributed by atoms with E-state index in [1.807, 2.05) is 0 Å². The number of benzene rings is 2. The molecule has 1 heterocycles. The zero-order chi connectivity index (χ0) is 21.7. The Morgan fingerprint density at radius 3 is 2.57 bits per heavy atom. The molecule has 1 aliphatic heterocycles. The number of hydrogen-bond donors (Lipinski definition) is 1. The van der Waals surface area contributed by atoms with Crippen LogP contribution >= 0.6 is 15.9 Å². The molecule has 8 nitrogen and oxygen atoms in total. The number of primary amides is 1. The number of fused-ring (bicyclic) bond motifs is 1. The Balaban J connectivity index is 1.45. The number of hydrogen-bond acceptors (Lipinski definition) is 6. The first-order valence-electron chi connectivity index (χ1n) is 9.16. The molecule has 3 rings (SSSR count). The molecule has 0 saturated carbocycles. The summed E-state index contributed by atoms with van der Waals surface area (Å²) in [5.41, 5.74) is 6.45. The molecule has 0 aromatic heterocycles. The fraction of sp³-hybridized carbons (Fsp3) is 0.238. The topological polar surface area (TPSA) is 116 Å². The monoisotopic (exact) mass is 474 g/mol. The summed E-state index contributed by atoms with van der Waals surface area (Å²) in [6.07, 6.45) is 0.363. The van der Waals surface area contributed by atoms with Gasteiger partial charge in [-0.05, 0) is 42.3 Å². The first-order valence-corrected chi connectivity index (χ1v) is 9.96. The summed E-state index contributed by atoms with van der Waals surface area (Å²) in [6, 6.07) is 11.7. The fourth-order valence-electron chi connectivity index (χ4n) is 2.96. The Hall–Kier alpha value is -3.20. The molecule has 0 fully saturated rings. The molecule has 0 aliphatic carbocycles. The molecule has 9 heteroatoms. The van der Waals surface area contributed by atoms with Crippen molar-refractivity contribution < 1.29 is 28.7 Å². The third-order valence-corrected chi connectivity index (χ3v) is 4.87. The van der Waals surface area contributed by atoms with Crippen LogP contribution in [0.25, 0.3) is 0 Å². The standard InChI is InChI=1S/C21H19BrN2O6/c22-14-6-7-16-17(10-14)21(28)24(20(16)27)8-2-5-19(26)30-11-13-3-1-4-15(9-13)29-12-18(23)25/h1,3-4,6-7,9-10H,2,5,8,11-12H2,(H2,23,25). The van der Waals surface area contributed by atoms with Crippen LogP contribution in [0.1, 0.15) is 39.1 Å². The summed E-state index contributed by atoms with van der Waals surface area (Å²) < 4.78 is 11.1. The van der Waals surface area contributed by atoms with Gasteiger partial charge in [0.2, 0.25) is 0 Å². The molecule has 3 amide bonds. The second-order valence-corrected chi connectivity index (χ2v) is 7.53. The minimum Gasteiger partial charge on any atom is -0.484 e. The molecule has 0 saturated heterocycles. The molecular formula is C21H19BrN2O6. The van der Waals surface area contributed by atoms with Gasteiger partial charge in [0.15, 0.2) is 6.61 Å². The van der Waals surface area contributed by atoms with Crippen LogP contribution in [-0.4, -0.2) is 41.7 Å². The summed E-state index contributed by atoms with van der Waals surface area (Å²) in [5.74, 6) is -1.31. The highest BCUT2D eigenvalue weighted by molar-refractivity contribution is 9.10. The molecule has 0 radical (unpaired) electrons. The van der Waals surface area contributed by atoms with Crippen LogP contribution in [0.5, 0.6) is 5.75 Å². The van der Waals surface area contributed by atoms with Crippen LogP contribution in [0, 0.1) is 0 Å². The summed E-state index contributed by atoms with van der Waals surface area (Å²) >= 11 is 3.29. The third kappa shape index (κ3) is 5.24. The normalized spacial score (nSPS) is 12.6. The third-order valence-electron chi connectivity index (χ3n) is 4.37. The number of amides is 3. The molecule has 0 spiro atoms. The van der Waals surface area contributed by atoms with Crippen molar-refractivity contribution in [1.82, 2.24) is 4.90 Å². The van der Waals surface area contributed by atoms with Crippen molar-refractivity contribution in [1.29, 1.82) is 0 Å². The first-order chi connectivity index (χ1) is 14.3. The van der Waals surface area contributed by atoms with Crippen LogP contribution in [0.15, 0.2) is 46.9 Å². The van der Waals surface area contributed by atoms with Crippen LogP contribution in [-0.2, 0) is 20.9 Å². The van der Waals surface area contributed by atoms with Crippen molar-refractivity contribution in [2.75, 3.05) is 13.2 Å². The van der Waals surface area contributed by atoms with Gasteiger partial charge >= 0.3 is 5.97 Å². The van der Waals surface area contributed by atoms with E-state index in [2.05, 4.69) is 15.9 Å². The van der Waals surface area contributed by atoms with Gasteiger partial charge in [-0.3, -0.25) is 24.1 Å². The number of carbonyl (C=O) groups is 4. The largest absolute Gasteiger partial charge is 0.484 e. The predicted molar refractivity (Wildman–Crippen MR) is 110 cm³/mol. The van der Waals surface area contributed by atoms with Gasteiger partial charge in [-0.25, -0.2) is 0 Å². The maximum atomic E-state index is 12.4. The van der Waals surface area contributed by atoms with Crippen molar-refractivity contribution in [2.24, 2.45) is 5.73 Å². The van der Waals surface area contributed by atoms with Crippen LogP contribution in [0.2, 0.25) is 0 Å². The SMILES string of the molecule is NC(=O)COc1cccc(COC(=O)CCCN2C(=O)c3ccc(Br)cc3C2=O)c1. The smallest absolute Gasteiger partial charge is 0.306 e. The minimum atomic E-state index is -0.586. The van der Waals surface area contributed by atoms with E-state index in [9.17, 15) is 19.2 Å². The lowest BCUT2D eigenvalue weighted by molar-refractivity contribution is -0.145. The highest BCUT2D eigenvalue weighted by atomic mass is 79.9. The van der Waals surface area contributed by atoms with E-state index < -0.39 is 11.9 Å². The summed E-state index contributed by atoms with van der Waals surface area (Å²) in [4.78, 5) is 48.7. The zero-order valence-corrected chi connectivity index (χ0v) is 17.5. The number of halogens is 1. The van der Waals surface area contributed by atoms with Gasteiger partial charge in [0.1, 0.15) is 12.4 Å². The van der Waals surface area contributed by atoms with Gasteiger partial charge in [-0.1, -0.05) is 28.1 Å². The highest BCUT2D eigenvalue weighted by Gasteiger charge is 2.35. The van der Waals surface area contributed by atoms with Gasteiger partial charge in [0, 0.05) is 17.4 Å². The molecule has 30 heavy (non-hydrogen) atoms. The van der Waals surface area contributed by atoms with E-state index in [1.54, 1.807) is 42.5 Å². The van der Waals surface area contributed by atoms with Gasteiger partial charge in [0.25, 0.3) is 17.7 Å². The van der Waals surface area contributed by atoms with Gasteiger partial charge in [0.05, 0.1) is 11.1 Å². The van der Waals surface area contributed by atoms with Crippen molar-refractivity contribution >= 4 is 39.6 Å². The van der Waals surface area contributed by atoms with E-state index >= 15 is 0 Å². The van der Waals surface area contributed by atoms with Crippen molar-refractivity contribution in [3.8, 4) is 5.75 Å². The number of imide groups is 1. The minimum absolute atomic E-state index is 0.0354. The lowest BCUT2D eigenvalue weighted by atomic mass is 10.1. The van der Waals surface area contributed by atoms with E-state index in [4.69, 9.17) is 15.2 Å². The Morgan fingerprint density at radius 2 is 1.80 bits per heavy atom. The van der Waals surface area contributed by atoms with Crippen LogP contribution in [0.3, 0.4) is 0 Å². The molecule has 0 bridgehead atoms. The number of carbonyl (C=O) groups excluding carboxylic acids is 4. The lowest BCUT2D eigenvalue weighted by Crippen LogP contribution is -2.31. The molecule has 1 aliphatic rings. The summed E-state index contributed by atoms with van der Waals surface area (Å²) in [6.45, 7) is -0.0683. The number of nitrogens with two attached hydrogens (primary N) is 1. The lowest BCUT2D eigenvalue weighted by Gasteiger charge is -2.13. The van der Waals surface area contributed by atoms with E-state index in [-0.39, 0.29) is 38.0 Å². The molecule has 2 N–H and O–H groups in total. The maximum absolute atomic E-state index is 12.4. The molecule has 0 atom stereocenters. The number of ether oxygens (including phenoxy) is 2. The average Bonchev–Trinajstić information content (AvgIpc) is 2.95. The van der Waals surface area contributed by atoms with Crippen molar-refractivity contribution in [3.05, 3.63) is 63.6 Å². The highest BCUT2D eigenvalue weighted by Crippen LogP contribution is 2.26. The maximum Gasteiger partial charge on any atom is 0.306 e. The molecule has 0 unspecified atom stereocenters. The van der Waals surface area contributed by atoms with Gasteiger partial charge < -0.3 is 15.2 Å². The van der Waals surface area contributed by atoms with E-state index in [0.717, 1.165) is 9.37 Å². The van der Waals surface area contributed by atoms with Crippen LogP contribution in [0.4, 0.5) is 0 Å². The Morgan fingerprint density at radius 1 is 1.03 bits per heavy atom. The molecule has 156 valence electrons. The quantitative estimate of drug-likeness (QED) is 0.440. The number of esters is 1. The Bertz CT molecular complexity index is 1010.